The van der Waals surface area contributed by atoms with Crippen LogP contribution in [-0.2, 0) is 4.79 Å². The Hall–Kier alpha value is -1.20. The number of likely N-dealkylation sites (tertiary alicyclic amines) is 1. The number of hydrogen-bond acceptors (Lipinski definition) is 4. The highest BCUT2D eigenvalue weighted by molar-refractivity contribution is 8.00. The second kappa shape index (κ2) is 8.60. The molecule has 1 amide bonds. The van der Waals surface area contributed by atoms with Gasteiger partial charge in [-0.25, -0.2) is 0 Å². The average molecular weight is 337 g/mol. The van der Waals surface area contributed by atoms with E-state index in [1.165, 1.54) is 6.42 Å². The van der Waals surface area contributed by atoms with Crippen molar-refractivity contribution in [3.05, 3.63) is 24.3 Å². The lowest BCUT2D eigenvalue weighted by Crippen LogP contribution is -2.36. The molecule has 0 bridgehead atoms. The maximum absolute atomic E-state index is 12.3. The largest absolute Gasteiger partial charge is 0.497 e. The van der Waals surface area contributed by atoms with Gasteiger partial charge in [-0.2, -0.15) is 0 Å². The topological polar surface area (TPSA) is 41.6 Å². The van der Waals surface area contributed by atoms with Crippen molar-refractivity contribution in [2.75, 3.05) is 26.7 Å². The molecule has 1 aromatic rings. The van der Waals surface area contributed by atoms with Crippen molar-refractivity contribution in [2.45, 2.75) is 43.4 Å². The van der Waals surface area contributed by atoms with Gasteiger partial charge in [-0.1, -0.05) is 0 Å². The van der Waals surface area contributed by atoms with Crippen LogP contribution in [0.15, 0.2) is 29.2 Å². The Morgan fingerprint density at radius 3 is 2.61 bits per heavy atom. The van der Waals surface area contributed by atoms with E-state index in [0.717, 1.165) is 30.3 Å². The van der Waals surface area contributed by atoms with Crippen molar-refractivity contribution in [2.24, 2.45) is 5.92 Å². The summed E-state index contributed by atoms with van der Waals surface area (Å²) in [7, 11) is 1.65. The summed E-state index contributed by atoms with van der Waals surface area (Å²) in [5.74, 6) is 1.54. The second-order valence-corrected chi connectivity index (χ2v) is 7.84. The first-order valence-corrected chi connectivity index (χ1v) is 9.20. The fraction of sp³-hybridized carbons (Fsp3) is 0.611. The third kappa shape index (κ3) is 5.43. The van der Waals surface area contributed by atoms with Gasteiger partial charge >= 0.3 is 0 Å². The summed E-state index contributed by atoms with van der Waals surface area (Å²) in [5, 5.41) is 3.02. The van der Waals surface area contributed by atoms with Crippen LogP contribution in [0.2, 0.25) is 0 Å². The van der Waals surface area contributed by atoms with Crippen molar-refractivity contribution in [3.63, 3.8) is 0 Å². The van der Waals surface area contributed by atoms with E-state index in [1.54, 1.807) is 18.9 Å². The number of thioether (sulfide) groups is 1. The molecule has 23 heavy (non-hydrogen) atoms. The molecule has 1 heterocycles. The Morgan fingerprint density at radius 2 is 2.04 bits per heavy atom. The Morgan fingerprint density at radius 1 is 1.35 bits per heavy atom. The summed E-state index contributed by atoms with van der Waals surface area (Å²) in [6.07, 6.45) is 1.18. The van der Waals surface area contributed by atoms with Crippen molar-refractivity contribution in [3.8, 4) is 5.75 Å². The molecule has 0 radical (unpaired) electrons. The highest BCUT2D eigenvalue weighted by atomic mass is 32.2. The fourth-order valence-corrected chi connectivity index (χ4v) is 3.69. The summed E-state index contributed by atoms with van der Waals surface area (Å²) in [6, 6.07) is 8.42. The minimum absolute atomic E-state index is 0.0917. The van der Waals surface area contributed by atoms with Crippen LogP contribution in [0.4, 0.5) is 0 Å². The maximum Gasteiger partial charge on any atom is 0.233 e. The predicted molar refractivity (Wildman–Crippen MR) is 96.1 cm³/mol. The molecule has 1 saturated heterocycles. The molecule has 0 aromatic heterocycles. The molecule has 5 heteroatoms. The highest BCUT2D eigenvalue weighted by Gasteiger charge is 2.25. The maximum atomic E-state index is 12.3. The average Bonchev–Trinajstić information content (AvgIpc) is 3.02. The zero-order valence-corrected chi connectivity index (χ0v) is 15.4. The van der Waals surface area contributed by atoms with Crippen LogP contribution in [0.5, 0.6) is 5.75 Å². The Kier molecular flexibility index (Phi) is 6.78. The van der Waals surface area contributed by atoms with E-state index in [4.69, 9.17) is 4.74 Å². The van der Waals surface area contributed by atoms with Gasteiger partial charge in [0, 0.05) is 24.0 Å². The lowest BCUT2D eigenvalue weighted by atomic mass is 10.1. The monoisotopic (exact) mass is 336 g/mol. The number of nitrogens with one attached hydrogen (secondary N) is 1. The number of hydrogen-bond donors (Lipinski definition) is 1. The first-order valence-electron chi connectivity index (χ1n) is 8.32. The highest BCUT2D eigenvalue weighted by Crippen LogP contribution is 2.25. The van der Waals surface area contributed by atoms with E-state index in [0.29, 0.717) is 12.0 Å². The molecule has 1 aromatic carbocycles. The van der Waals surface area contributed by atoms with Crippen LogP contribution in [-0.4, -0.2) is 48.8 Å². The van der Waals surface area contributed by atoms with Gasteiger partial charge in [0.2, 0.25) is 5.91 Å². The van der Waals surface area contributed by atoms with E-state index in [-0.39, 0.29) is 11.2 Å². The second-order valence-electron chi connectivity index (χ2n) is 6.42. The smallest absolute Gasteiger partial charge is 0.233 e. The summed E-state index contributed by atoms with van der Waals surface area (Å²) in [4.78, 5) is 15.8. The third-order valence-electron chi connectivity index (χ3n) is 4.35. The molecule has 1 N–H and O–H groups in total. The first-order chi connectivity index (χ1) is 11.0. The van der Waals surface area contributed by atoms with Gasteiger partial charge in [0.15, 0.2) is 0 Å². The first kappa shape index (κ1) is 18.1. The molecule has 0 unspecified atom stereocenters. The lowest BCUT2D eigenvalue weighted by Gasteiger charge is -2.20. The van der Waals surface area contributed by atoms with Crippen LogP contribution in [0.3, 0.4) is 0 Å². The Labute approximate surface area is 144 Å². The molecule has 0 saturated carbocycles. The van der Waals surface area contributed by atoms with Gasteiger partial charge in [-0.05, 0) is 63.9 Å². The fourth-order valence-electron chi connectivity index (χ4n) is 2.80. The molecule has 2 atom stereocenters. The van der Waals surface area contributed by atoms with E-state index < -0.39 is 0 Å². The zero-order chi connectivity index (χ0) is 16.8. The summed E-state index contributed by atoms with van der Waals surface area (Å²) in [6.45, 7) is 9.45. The van der Waals surface area contributed by atoms with Gasteiger partial charge in [-0.3, -0.25) is 4.79 Å². The number of methoxy groups -OCH3 is 1. The molecular formula is C18H28N2O2S. The van der Waals surface area contributed by atoms with Crippen molar-refractivity contribution in [1.82, 2.24) is 10.2 Å². The molecule has 0 aliphatic carbocycles. The number of benzene rings is 1. The van der Waals surface area contributed by atoms with Crippen molar-refractivity contribution < 1.29 is 9.53 Å². The van der Waals surface area contributed by atoms with Crippen LogP contribution in [0.1, 0.15) is 27.2 Å². The summed E-state index contributed by atoms with van der Waals surface area (Å²) >= 11 is 1.58. The van der Waals surface area contributed by atoms with Gasteiger partial charge in [-0.15, -0.1) is 11.8 Å². The van der Waals surface area contributed by atoms with Gasteiger partial charge in [0.1, 0.15) is 5.75 Å². The van der Waals surface area contributed by atoms with Crippen LogP contribution in [0.25, 0.3) is 0 Å². The van der Waals surface area contributed by atoms with E-state index in [1.807, 2.05) is 31.2 Å². The molecular weight excluding hydrogens is 308 g/mol. The van der Waals surface area contributed by atoms with Crippen LogP contribution in [0, 0.1) is 5.92 Å². The van der Waals surface area contributed by atoms with Crippen LogP contribution < -0.4 is 10.1 Å². The molecule has 1 aliphatic heterocycles. The van der Waals surface area contributed by atoms with Crippen LogP contribution >= 0.6 is 11.8 Å². The molecule has 0 spiro atoms. The van der Waals surface area contributed by atoms with Crippen molar-refractivity contribution >= 4 is 17.7 Å². The molecule has 128 valence electrons. The van der Waals surface area contributed by atoms with E-state index in [2.05, 4.69) is 24.1 Å². The predicted octanol–water partition coefficient (Wildman–Crippen LogP) is 3.02. The molecule has 1 aliphatic rings. The SMILES string of the molecule is COc1ccc(S[C@H](C)C(=O)NC[C@@H]2CCN(C(C)C)C2)cc1. The van der Waals surface area contributed by atoms with E-state index >= 15 is 0 Å². The zero-order valence-electron chi connectivity index (χ0n) is 14.5. The minimum Gasteiger partial charge on any atom is -0.497 e. The number of rotatable bonds is 7. The van der Waals surface area contributed by atoms with Crippen molar-refractivity contribution in [1.29, 1.82) is 0 Å². The van der Waals surface area contributed by atoms with Gasteiger partial charge in [0.05, 0.1) is 12.4 Å². The lowest BCUT2D eigenvalue weighted by molar-refractivity contribution is -0.120. The minimum atomic E-state index is -0.0917. The van der Waals surface area contributed by atoms with Gasteiger partial charge < -0.3 is 15.0 Å². The number of amides is 1. The molecule has 2 rings (SSSR count). The molecule has 1 fully saturated rings. The summed E-state index contributed by atoms with van der Waals surface area (Å²) < 4.78 is 5.15. The normalized spacial score (nSPS) is 19.8. The summed E-state index contributed by atoms with van der Waals surface area (Å²) in [5.41, 5.74) is 0. The quantitative estimate of drug-likeness (QED) is 0.777. The molecule has 4 nitrogen and oxygen atoms in total. The number of nitrogens with zero attached hydrogens (tertiary/aromatic N) is 1. The Balaban J connectivity index is 1.74. The third-order valence-corrected chi connectivity index (χ3v) is 5.47. The number of carbonyl (C=O) groups is 1. The Bertz CT molecular complexity index is 504. The standard InChI is InChI=1S/C18H28N2O2S/c1-13(2)20-10-9-15(12-20)11-19-18(21)14(3)23-17-7-5-16(22-4)6-8-17/h5-8,13-15H,9-12H2,1-4H3,(H,19,21)/t14-,15+/m1/s1. The number of ether oxygens (including phenoxy) is 1. The van der Waals surface area contributed by atoms with Gasteiger partial charge in [0.25, 0.3) is 0 Å². The van der Waals surface area contributed by atoms with E-state index in [9.17, 15) is 4.79 Å². The number of carbonyl (C=O) groups excluding carboxylic acids is 1.